The Balaban J connectivity index is 1.32. The van der Waals surface area contributed by atoms with Crippen molar-refractivity contribution in [2.24, 2.45) is 10.7 Å². The maximum absolute atomic E-state index is 12.9. The third-order valence-corrected chi connectivity index (χ3v) is 8.34. The monoisotopic (exact) mass is 603 g/mol. The summed E-state index contributed by atoms with van der Waals surface area (Å²) in [5.74, 6) is 0.883. The first-order valence-corrected chi connectivity index (χ1v) is 15.5. The van der Waals surface area contributed by atoms with Crippen LogP contribution in [0.2, 0.25) is 0 Å². The van der Waals surface area contributed by atoms with Crippen molar-refractivity contribution in [3.8, 4) is 17.2 Å². The SMILES string of the molecule is CN=C(N)N[C@@](CCCC(=O)CC(=O)CCc1ccc(O)c(OC2CCCC2)c1)(CCn1ccnc1)Cc1ccc(O)cc1. The van der Waals surface area contributed by atoms with E-state index in [1.807, 2.05) is 22.9 Å². The summed E-state index contributed by atoms with van der Waals surface area (Å²) in [7, 11) is 1.63. The predicted molar refractivity (Wildman–Crippen MR) is 170 cm³/mol. The molecule has 1 heterocycles. The van der Waals surface area contributed by atoms with Crippen LogP contribution in [-0.4, -0.2) is 56.0 Å². The first kappa shape index (κ1) is 32.6. The number of ketones is 2. The van der Waals surface area contributed by atoms with Gasteiger partial charge in [0.1, 0.15) is 17.3 Å². The topological polar surface area (TPSA) is 152 Å². The molecule has 1 aliphatic rings. The van der Waals surface area contributed by atoms with Gasteiger partial charge in [0, 0.05) is 44.4 Å². The number of Topliss-reactive ketones (excluding diaryl/α,β-unsaturated/α-hetero) is 2. The van der Waals surface area contributed by atoms with E-state index in [0.29, 0.717) is 50.4 Å². The summed E-state index contributed by atoms with van der Waals surface area (Å²) in [5, 5.41) is 23.4. The molecule has 44 heavy (non-hydrogen) atoms. The van der Waals surface area contributed by atoms with Crippen LogP contribution < -0.4 is 15.8 Å². The van der Waals surface area contributed by atoms with Gasteiger partial charge in [0.05, 0.1) is 18.9 Å². The third-order valence-electron chi connectivity index (χ3n) is 8.34. The number of nitrogens with one attached hydrogen (secondary N) is 1. The summed E-state index contributed by atoms with van der Waals surface area (Å²) in [6.07, 6.45) is 13.2. The Bertz CT molecular complexity index is 1380. The van der Waals surface area contributed by atoms with Crippen molar-refractivity contribution in [2.75, 3.05) is 7.05 Å². The molecule has 2 aromatic carbocycles. The van der Waals surface area contributed by atoms with E-state index in [4.69, 9.17) is 10.5 Å². The fraction of sp³-hybridized carbons (Fsp3) is 0.471. The predicted octanol–water partition coefficient (Wildman–Crippen LogP) is 4.85. The Morgan fingerprint density at radius 2 is 1.80 bits per heavy atom. The zero-order valence-electron chi connectivity index (χ0n) is 25.6. The molecular formula is C34H45N5O5. The summed E-state index contributed by atoms with van der Waals surface area (Å²) in [6, 6.07) is 12.3. The van der Waals surface area contributed by atoms with Crippen LogP contribution in [0.1, 0.15) is 75.3 Å². The molecule has 0 radical (unpaired) electrons. The molecule has 0 spiro atoms. The van der Waals surface area contributed by atoms with E-state index < -0.39 is 5.54 Å². The Morgan fingerprint density at radius 3 is 2.50 bits per heavy atom. The van der Waals surface area contributed by atoms with Crippen molar-refractivity contribution in [3.63, 3.8) is 0 Å². The number of phenolic OH excluding ortho intramolecular Hbond substituents is 2. The molecule has 1 saturated carbocycles. The number of nitrogens with zero attached hydrogens (tertiary/aromatic N) is 3. The lowest BCUT2D eigenvalue weighted by Crippen LogP contribution is -2.53. The highest BCUT2D eigenvalue weighted by atomic mass is 16.5. The molecule has 10 nitrogen and oxygen atoms in total. The highest BCUT2D eigenvalue weighted by Gasteiger charge is 2.31. The number of rotatable bonds is 17. The number of hydrogen-bond acceptors (Lipinski definition) is 7. The number of aromatic nitrogens is 2. The molecule has 0 bridgehead atoms. The van der Waals surface area contributed by atoms with Gasteiger partial charge in [-0.3, -0.25) is 14.6 Å². The second-order valence-electron chi connectivity index (χ2n) is 11.8. The lowest BCUT2D eigenvalue weighted by atomic mass is 9.82. The Hall–Kier alpha value is -4.34. The maximum atomic E-state index is 12.9. The number of aryl methyl sites for hydroxylation is 2. The van der Waals surface area contributed by atoms with Crippen LogP contribution in [0.15, 0.2) is 66.2 Å². The maximum Gasteiger partial charge on any atom is 0.188 e. The number of ether oxygens (including phenoxy) is 1. The number of aliphatic imine (C=N–C) groups is 1. The second-order valence-corrected chi connectivity index (χ2v) is 11.8. The standard InChI is InChI=1S/C34H45N5O5/c1-36-33(35)38-34(17-19-39-20-18-37-24-39,23-26-9-12-27(40)13-10-26)16-4-5-28(41)22-29(42)14-8-25-11-15-31(43)32(21-25)44-30-6-2-3-7-30/h9-13,15,18,20-21,24,30,40,43H,2-8,14,16-17,19,22-23H2,1H3,(H3,35,36,38)/t34-/m0/s1. The lowest BCUT2D eigenvalue weighted by molar-refractivity contribution is -0.127. The van der Waals surface area contributed by atoms with Crippen molar-refractivity contribution in [1.82, 2.24) is 14.9 Å². The number of guanidine groups is 1. The molecule has 0 amide bonds. The van der Waals surface area contributed by atoms with E-state index in [1.54, 1.807) is 49.9 Å². The van der Waals surface area contributed by atoms with Crippen LogP contribution in [0.4, 0.5) is 0 Å². The molecular weight excluding hydrogens is 558 g/mol. The van der Waals surface area contributed by atoms with Crippen LogP contribution in [-0.2, 0) is 29.0 Å². The highest BCUT2D eigenvalue weighted by molar-refractivity contribution is 5.99. The number of aromatic hydroxyl groups is 2. The van der Waals surface area contributed by atoms with Gasteiger partial charge in [-0.05, 0) is 93.2 Å². The number of carbonyl (C=O) groups excluding carboxylic acids is 2. The van der Waals surface area contributed by atoms with E-state index in [9.17, 15) is 19.8 Å². The summed E-state index contributed by atoms with van der Waals surface area (Å²) < 4.78 is 7.97. The molecule has 0 saturated heterocycles. The Kier molecular flexibility index (Phi) is 11.8. The molecule has 1 fully saturated rings. The van der Waals surface area contributed by atoms with Gasteiger partial charge in [-0.1, -0.05) is 18.2 Å². The molecule has 5 N–H and O–H groups in total. The number of benzene rings is 2. The number of carbonyl (C=O) groups is 2. The third kappa shape index (κ3) is 10.1. The van der Waals surface area contributed by atoms with Gasteiger partial charge >= 0.3 is 0 Å². The van der Waals surface area contributed by atoms with Gasteiger partial charge in [0.15, 0.2) is 17.5 Å². The van der Waals surface area contributed by atoms with Gasteiger partial charge < -0.3 is 30.6 Å². The minimum Gasteiger partial charge on any atom is -0.508 e. The van der Waals surface area contributed by atoms with Gasteiger partial charge in [-0.25, -0.2) is 4.98 Å². The zero-order chi connectivity index (χ0) is 31.4. The first-order valence-electron chi connectivity index (χ1n) is 15.5. The molecule has 236 valence electrons. The Labute approximate surface area is 259 Å². The van der Waals surface area contributed by atoms with E-state index >= 15 is 0 Å². The largest absolute Gasteiger partial charge is 0.508 e. The summed E-state index contributed by atoms with van der Waals surface area (Å²) in [4.78, 5) is 33.9. The van der Waals surface area contributed by atoms with Crippen LogP contribution in [0.3, 0.4) is 0 Å². The number of phenols is 2. The second kappa shape index (κ2) is 15.9. The molecule has 1 aliphatic carbocycles. The number of imidazole rings is 1. The molecule has 10 heteroatoms. The van der Waals surface area contributed by atoms with Crippen LogP contribution >= 0.6 is 0 Å². The zero-order valence-corrected chi connectivity index (χ0v) is 25.6. The number of hydrogen-bond donors (Lipinski definition) is 4. The average Bonchev–Trinajstić information content (AvgIpc) is 3.72. The van der Waals surface area contributed by atoms with E-state index in [0.717, 1.165) is 36.8 Å². The quantitative estimate of drug-likeness (QED) is 0.0971. The minimum atomic E-state index is -0.522. The highest BCUT2D eigenvalue weighted by Crippen LogP contribution is 2.32. The molecule has 0 unspecified atom stereocenters. The first-order chi connectivity index (χ1) is 21.2. The van der Waals surface area contributed by atoms with E-state index in [2.05, 4.69) is 15.3 Å². The van der Waals surface area contributed by atoms with Gasteiger partial charge in [0.2, 0.25) is 0 Å². The summed E-state index contributed by atoms with van der Waals surface area (Å²) in [6.45, 7) is 0.680. The lowest BCUT2D eigenvalue weighted by Gasteiger charge is -2.36. The molecule has 1 atom stereocenters. The minimum absolute atomic E-state index is 0.0868. The smallest absolute Gasteiger partial charge is 0.188 e. The van der Waals surface area contributed by atoms with Crippen LogP contribution in [0, 0.1) is 0 Å². The fourth-order valence-corrected chi connectivity index (χ4v) is 5.86. The van der Waals surface area contributed by atoms with Crippen molar-refractivity contribution in [3.05, 3.63) is 72.3 Å². The van der Waals surface area contributed by atoms with Crippen LogP contribution in [0.5, 0.6) is 17.2 Å². The summed E-state index contributed by atoms with van der Waals surface area (Å²) >= 11 is 0. The van der Waals surface area contributed by atoms with Gasteiger partial charge in [-0.15, -0.1) is 0 Å². The molecule has 4 rings (SSSR count). The normalized spacial score (nSPS) is 15.2. The summed E-state index contributed by atoms with van der Waals surface area (Å²) in [5.41, 5.74) is 7.56. The Morgan fingerprint density at radius 1 is 1.07 bits per heavy atom. The van der Waals surface area contributed by atoms with Crippen molar-refractivity contribution in [1.29, 1.82) is 0 Å². The van der Waals surface area contributed by atoms with Crippen molar-refractivity contribution < 1.29 is 24.5 Å². The van der Waals surface area contributed by atoms with Gasteiger partial charge in [-0.2, -0.15) is 0 Å². The van der Waals surface area contributed by atoms with E-state index in [1.165, 1.54) is 0 Å². The molecule has 1 aromatic heterocycles. The van der Waals surface area contributed by atoms with E-state index in [-0.39, 0.29) is 48.4 Å². The van der Waals surface area contributed by atoms with Crippen molar-refractivity contribution >= 4 is 17.5 Å². The average molecular weight is 604 g/mol. The van der Waals surface area contributed by atoms with Crippen molar-refractivity contribution in [2.45, 2.75) is 95.2 Å². The number of nitrogens with two attached hydrogens (primary N) is 1. The molecule has 3 aromatic rings. The van der Waals surface area contributed by atoms with Gasteiger partial charge in [0.25, 0.3) is 0 Å². The van der Waals surface area contributed by atoms with Crippen LogP contribution in [0.25, 0.3) is 0 Å². The fourth-order valence-electron chi connectivity index (χ4n) is 5.86. The molecule has 0 aliphatic heterocycles.